The number of benzene rings is 1. The highest BCUT2D eigenvalue weighted by Crippen LogP contribution is 2.23. The third-order valence-corrected chi connectivity index (χ3v) is 6.86. The molecule has 0 spiro atoms. The van der Waals surface area contributed by atoms with Crippen LogP contribution in [0, 0.1) is 5.82 Å². The van der Waals surface area contributed by atoms with Crippen molar-refractivity contribution in [2.24, 2.45) is 0 Å². The molecular formula is C21H25FN4O4S. The van der Waals surface area contributed by atoms with Crippen LogP contribution < -0.4 is 10.6 Å². The summed E-state index contributed by atoms with van der Waals surface area (Å²) in [7, 11) is -3.79. The van der Waals surface area contributed by atoms with Crippen LogP contribution in [0.4, 0.5) is 4.39 Å². The van der Waals surface area contributed by atoms with Gasteiger partial charge in [-0.2, -0.15) is 4.31 Å². The number of pyridine rings is 1. The molecule has 0 saturated carbocycles. The highest BCUT2D eigenvalue weighted by molar-refractivity contribution is 7.88. The average Bonchev–Trinajstić information content (AvgIpc) is 2.78. The largest absolute Gasteiger partial charge is 0.350 e. The molecule has 0 radical (unpaired) electrons. The number of piperidine rings is 1. The lowest BCUT2D eigenvalue weighted by Crippen LogP contribution is -2.53. The average molecular weight is 449 g/mol. The quantitative estimate of drug-likeness (QED) is 0.634. The van der Waals surface area contributed by atoms with Crippen LogP contribution in [-0.4, -0.2) is 48.7 Å². The number of carbonyl (C=O) groups is 2. The zero-order chi connectivity index (χ0) is 22.3. The fourth-order valence-electron chi connectivity index (χ4n) is 3.43. The van der Waals surface area contributed by atoms with E-state index >= 15 is 0 Å². The highest BCUT2D eigenvalue weighted by Gasteiger charge is 2.36. The second kappa shape index (κ2) is 10.5. The molecule has 1 unspecified atom stereocenters. The van der Waals surface area contributed by atoms with Crippen LogP contribution in [0.2, 0.25) is 0 Å². The molecule has 0 bridgehead atoms. The highest BCUT2D eigenvalue weighted by atomic mass is 32.2. The standard InChI is InChI=1S/C21H25FN4O4S/c22-18-8-6-16(7-9-18)15-31(29,30)26-11-2-1-5-19(26)21(28)25-14-20(27)24-13-17-4-3-10-23-12-17/h3-4,6-10,12,19H,1-2,5,11,13-15H2,(H,24,27)(H,25,28). The molecule has 2 amide bonds. The van der Waals surface area contributed by atoms with Crippen molar-refractivity contribution in [2.75, 3.05) is 13.1 Å². The molecule has 2 aromatic rings. The molecule has 0 aliphatic carbocycles. The molecule has 2 heterocycles. The minimum atomic E-state index is -3.79. The van der Waals surface area contributed by atoms with E-state index in [1.54, 1.807) is 18.5 Å². The maximum atomic E-state index is 13.1. The zero-order valence-electron chi connectivity index (χ0n) is 17.0. The Morgan fingerprint density at radius 2 is 1.87 bits per heavy atom. The van der Waals surface area contributed by atoms with Gasteiger partial charge in [0.05, 0.1) is 12.3 Å². The summed E-state index contributed by atoms with van der Waals surface area (Å²) in [5.41, 5.74) is 1.27. The molecule has 166 valence electrons. The van der Waals surface area contributed by atoms with Gasteiger partial charge in [-0.25, -0.2) is 12.8 Å². The summed E-state index contributed by atoms with van der Waals surface area (Å²) in [6.07, 6.45) is 5.01. The monoisotopic (exact) mass is 448 g/mol. The lowest BCUT2D eigenvalue weighted by molar-refractivity contribution is -0.129. The van der Waals surface area contributed by atoms with E-state index in [9.17, 15) is 22.4 Å². The summed E-state index contributed by atoms with van der Waals surface area (Å²) in [5, 5.41) is 5.22. The van der Waals surface area contributed by atoms with Crippen LogP contribution in [0.15, 0.2) is 48.8 Å². The van der Waals surface area contributed by atoms with Gasteiger partial charge in [0, 0.05) is 25.5 Å². The van der Waals surface area contributed by atoms with Crippen molar-refractivity contribution in [1.82, 2.24) is 19.9 Å². The van der Waals surface area contributed by atoms with Crippen molar-refractivity contribution < 1.29 is 22.4 Å². The van der Waals surface area contributed by atoms with Gasteiger partial charge in [-0.05, 0) is 42.2 Å². The van der Waals surface area contributed by atoms with Crippen LogP contribution in [0.25, 0.3) is 0 Å². The van der Waals surface area contributed by atoms with E-state index in [4.69, 9.17) is 0 Å². The Kier molecular flexibility index (Phi) is 7.69. The molecule has 31 heavy (non-hydrogen) atoms. The van der Waals surface area contributed by atoms with E-state index in [-0.39, 0.29) is 31.3 Å². The molecule has 1 atom stereocenters. The van der Waals surface area contributed by atoms with E-state index in [1.807, 2.05) is 6.07 Å². The van der Waals surface area contributed by atoms with Gasteiger partial charge < -0.3 is 10.6 Å². The van der Waals surface area contributed by atoms with Crippen LogP contribution in [0.3, 0.4) is 0 Å². The van der Waals surface area contributed by atoms with E-state index < -0.39 is 27.8 Å². The third-order valence-electron chi connectivity index (χ3n) is 5.01. The number of nitrogens with one attached hydrogen (secondary N) is 2. The summed E-state index contributed by atoms with van der Waals surface area (Å²) in [6.45, 7) is 0.264. The number of amides is 2. The van der Waals surface area contributed by atoms with E-state index in [1.165, 1.54) is 28.6 Å². The molecule has 1 aromatic carbocycles. The minimum absolute atomic E-state index is 0.231. The van der Waals surface area contributed by atoms with Crippen molar-refractivity contribution in [3.8, 4) is 0 Å². The first kappa shape index (κ1) is 22.8. The number of rotatable bonds is 8. The number of sulfonamides is 1. The Balaban J connectivity index is 1.56. The van der Waals surface area contributed by atoms with Crippen molar-refractivity contribution in [1.29, 1.82) is 0 Å². The van der Waals surface area contributed by atoms with E-state index in [2.05, 4.69) is 15.6 Å². The molecule has 1 fully saturated rings. The second-order valence-corrected chi connectivity index (χ2v) is 9.28. The van der Waals surface area contributed by atoms with Gasteiger partial charge in [-0.15, -0.1) is 0 Å². The van der Waals surface area contributed by atoms with Gasteiger partial charge in [-0.3, -0.25) is 14.6 Å². The van der Waals surface area contributed by atoms with Crippen molar-refractivity contribution in [2.45, 2.75) is 37.6 Å². The first-order chi connectivity index (χ1) is 14.8. The lowest BCUT2D eigenvalue weighted by atomic mass is 10.0. The van der Waals surface area contributed by atoms with Gasteiger partial charge in [0.15, 0.2) is 0 Å². The Bertz CT molecular complexity index is 1000. The summed E-state index contributed by atoms with van der Waals surface area (Å²) in [6, 6.07) is 7.94. The Labute approximate surface area is 180 Å². The predicted molar refractivity (Wildman–Crippen MR) is 112 cm³/mol. The summed E-state index contributed by atoms with van der Waals surface area (Å²) in [4.78, 5) is 28.7. The third kappa shape index (κ3) is 6.56. The normalized spacial score (nSPS) is 17.1. The van der Waals surface area contributed by atoms with Crippen molar-refractivity contribution in [3.63, 3.8) is 0 Å². The second-order valence-electron chi connectivity index (χ2n) is 7.36. The number of hydrogen-bond donors (Lipinski definition) is 2. The molecule has 3 rings (SSSR count). The summed E-state index contributed by atoms with van der Waals surface area (Å²) >= 11 is 0. The van der Waals surface area contributed by atoms with Crippen molar-refractivity contribution in [3.05, 3.63) is 65.7 Å². The van der Waals surface area contributed by atoms with E-state index in [0.717, 1.165) is 5.56 Å². The maximum Gasteiger partial charge on any atom is 0.239 e. The number of halogens is 1. The first-order valence-electron chi connectivity index (χ1n) is 10.0. The fraction of sp³-hybridized carbons (Fsp3) is 0.381. The fourth-order valence-corrected chi connectivity index (χ4v) is 5.20. The molecule has 8 nitrogen and oxygen atoms in total. The van der Waals surface area contributed by atoms with Crippen LogP contribution in [-0.2, 0) is 31.9 Å². The molecule has 1 saturated heterocycles. The number of nitrogens with zero attached hydrogens (tertiary/aromatic N) is 2. The molecule has 2 N–H and O–H groups in total. The minimum Gasteiger partial charge on any atom is -0.350 e. The van der Waals surface area contributed by atoms with Crippen molar-refractivity contribution >= 4 is 21.8 Å². The predicted octanol–water partition coefficient (Wildman–Crippen LogP) is 1.34. The first-order valence-corrected chi connectivity index (χ1v) is 11.6. The Morgan fingerprint density at radius 1 is 1.10 bits per heavy atom. The van der Waals surface area contributed by atoms with E-state index in [0.29, 0.717) is 24.8 Å². The molecular weight excluding hydrogens is 423 g/mol. The number of hydrogen-bond acceptors (Lipinski definition) is 5. The zero-order valence-corrected chi connectivity index (χ0v) is 17.8. The molecule has 1 aromatic heterocycles. The van der Waals surface area contributed by atoms with Crippen LogP contribution >= 0.6 is 0 Å². The Morgan fingerprint density at radius 3 is 2.58 bits per heavy atom. The smallest absolute Gasteiger partial charge is 0.239 e. The summed E-state index contributed by atoms with van der Waals surface area (Å²) < 4.78 is 40.1. The number of aromatic nitrogens is 1. The lowest BCUT2D eigenvalue weighted by Gasteiger charge is -2.33. The Hall–Kier alpha value is -2.85. The SMILES string of the molecule is O=C(CNC(=O)C1CCCCN1S(=O)(=O)Cc1ccc(F)cc1)NCc1cccnc1. The molecule has 10 heteroatoms. The summed E-state index contributed by atoms with van der Waals surface area (Å²) in [5.74, 6) is -1.64. The van der Waals surface area contributed by atoms with Gasteiger partial charge in [0.25, 0.3) is 0 Å². The van der Waals surface area contributed by atoms with Gasteiger partial charge in [-0.1, -0.05) is 24.6 Å². The maximum absolute atomic E-state index is 13.1. The molecule has 1 aliphatic rings. The molecule has 1 aliphatic heterocycles. The van der Waals surface area contributed by atoms with Gasteiger partial charge in [0.1, 0.15) is 11.9 Å². The van der Waals surface area contributed by atoms with Gasteiger partial charge in [0.2, 0.25) is 21.8 Å². The number of carbonyl (C=O) groups excluding carboxylic acids is 2. The topological polar surface area (TPSA) is 108 Å². The van der Waals surface area contributed by atoms with Crippen LogP contribution in [0.5, 0.6) is 0 Å². The van der Waals surface area contributed by atoms with Gasteiger partial charge >= 0.3 is 0 Å². The van der Waals surface area contributed by atoms with Crippen LogP contribution in [0.1, 0.15) is 30.4 Å².